The monoisotopic (exact) mass is 372 g/mol. The van der Waals surface area contributed by atoms with Crippen LogP contribution >= 0.6 is 11.8 Å². The molecule has 0 aliphatic rings. The van der Waals surface area contributed by atoms with Crippen molar-refractivity contribution >= 4 is 35.1 Å². The zero-order chi connectivity index (χ0) is 18.5. The van der Waals surface area contributed by atoms with Crippen LogP contribution in [0.1, 0.15) is 10.4 Å². The van der Waals surface area contributed by atoms with Crippen molar-refractivity contribution < 1.29 is 9.59 Å². The molecule has 11 heteroatoms. The highest BCUT2D eigenvalue weighted by atomic mass is 32.2. The van der Waals surface area contributed by atoms with Gasteiger partial charge in [0.25, 0.3) is 5.91 Å². The van der Waals surface area contributed by atoms with Gasteiger partial charge in [-0.1, -0.05) is 11.8 Å². The Bertz CT molecular complexity index is 918. The topological polar surface area (TPSA) is 120 Å². The zero-order valence-electron chi connectivity index (χ0n) is 14.1. The van der Waals surface area contributed by atoms with Gasteiger partial charge in [-0.05, 0) is 34.7 Å². The summed E-state index contributed by atoms with van der Waals surface area (Å²) in [6.07, 6.45) is 1.74. The maximum absolute atomic E-state index is 12.2. The Morgan fingerprint density at radius 3 is 2.50 bits per heavy atom. The van der Waals surface area contributed by atoms with Gasteiger partial charge in [0.05, 0.1) is 5.75 Å². The minimum Gasteiger partial charge on any atom is -0.325 e. The standard InChI is InChI=1S/C15H16N8O2S/c1-22-8-7-12(19-22)17-14(25)10-3-5-11(6-4-10)16-13(24)9-26-15-18-20-21-23(15)2/h3-8H,9H2,1-2H3,(H,16,24)(H,17,19,25). The van der Waals surface area contributed by atoms with Crippen LogP contribution in [0.4, 0.5) is 11.5 Å². The van der Waals surface area contributed by atoms with E-state index in [1.807, 2.05) is 0 Å². The molecule has 3 aromatic rings. The number of amides is 2. The van der Waals surface area contributed by atoms with Crippen LogP contribution in [0.2, 0.25) is 0 Å². The Balaban J connectivity index is 1.52. The molecule has 0 saturated heterocycles. The van der Waals surface area contributed by atoms with Crippen LogP contribution in [0, 0.1) is 0 Å². The van der Waals surface area contributed by atoms with E-state index < -0.39 is 0 Å². The first-order valence-corrected chi connectivity index (χ1v) is 8.56. The molecule has 0 fully saturated rings. The van der Waals surface area contributed by atoms with Crippen molar-refractivity contribution in [3.8, 4) is 0 Å². The van der Waals surface area contributed by atoms with Crippen molar-refractivity contribution in [2.45, 2.75) is 5.16 Å². The van der Waals surface area contributed by atoms with E-state index in [0.717, 1.165) is 0 Å². The molecule has 2 amide bonds. The molecule has 26 heavy (non-hydrogen) atoms. The SMILES string of the molecule is Cn1ccc(NC(=O)c2ccc(NC(=O)CSc3nnnn3C)cc2)n1. The van der Waals surface area contributed by atoms with Crippen LogP contribution in [0.5, 0.6) is 0 Å². The molecule has 0 aliphatic carbocycles. The lowest BCUT2D eigenvalue weighted by Gasteiger charge is -2.06. The lowest BCUT2D eigenvalue weighted by molar-refractivity contribution is -0.113. The van der Waals surface area contributed by atoms with E-state index in [0.29, 0.717) is 22.2 Å². The molecule has 0 unspecified atom stereocenters. The molecule has 3 rings (SSSR count). The lowest BCUT2D eigenvalue weighted by Crippen LogP contribution is -2.15. The van der Waals surface area contributed by atoms with Gasteiger partial charge in [0.15, 0.2) is 5.82 Å². The molecule has 0 atom stereocenters. The van der Waals surface area contributed by atoms with Crippen molar-refractivity contribution in [2.75, 3.05) is 16.4 Å². The average molecular weight is 372 g/mol. The smallest absolute Gasteiger partial charge is 0.256 e. The number of carbonyl (C=O) groups is 2. The van der Waals surface area contributed by atoms with Crippen molar-refractivity contribution in [3.05, 3.63) is 42.1 Å². The predicted molar refractivity (Wildman–Crippen MR) is 95.8 cm³/mol. The minimum atomic E-state index is -0.271. The summed E-state index contributed by atoms with van der Waals surface area (Å²) in [5.41, 5.74) is 1.06. The minimum absolute atomic E-state index is 0.177. The number of hydrogen-bond donors (Lipinski definition) is 2. The van der Waals surface area contributed by atoms with Crippen molar-refractivity contribution in [1.29, 1.82) is 0 Å². The number of tetrazole rings is 1. The Hall–Kier alpha value is -3.21. The first kappa shape index (κ1) is 17.6. The fraction of sp³-hybridized carbons (Fsp3) is 0.200. The fourth-order valence-corrected chi connectivity index (χ4v) is 2.70. The number of thioether (sulfide) groups is 1. The molecule has 0 aliphatic heterocycles. The van der Waals surface area contributed by atoms with E-state index in [2.05, 4.69) is 31.3 Å². The number of nitrogens with zero attached hydrogens (tertiary/aromatic N) is 6. The quantitative estimate of drug-likeness (QED) is 0.618. The molecule has 2 N–H and O–H groups in total. The van der Waals surface area contributed by atoms with Crippen LogP contribution in [0.3, 0.4) is 0 Å². The van der Waals surface area contributed by atoms with Crippen molar-refractivity contribution in [1.82, 2.24) is 30.0 Å². The second-order valence-corrected chi connectivity index (χ2v) is 6.27. The third-order valence-electron chi connectivity index (χ3n) is 3.30. The summed E-state index contributed by atoms with van der Waals surface area (Å²) in [5, 5.41) is 21.1. The Morgan fingerprint density at radius 2 is 1.88 bits per heavy atom. The highest BCUT2D eigenvalue weighted by Crippen LogP contribution is 2.15. The van der Waals surface area contributed by atoms with Gasteiger partial charge in [-0.2, -0.15) is 5.10 Å². The summed E-state index contributed by atoms with van der Waals surface area (Å²) in [4.78, 5) is 24.1. The summed E-state index contributed by atoms with van der Waals surface area (Å²) in [6, 6.07) is 8.30. The van der Waals surface area contributed by atoms with E-state index in [1.54, 1.807) is 55.3 Å². The third-order valence-corrected chi connectivity index (χ3v) is 4.31. The van der Waals surface area contributed by atoms with Gasteiger partial charge in [0, 0.05) is 37.6 Å². The number of nitrogens with one attached hydrogen (secondary N) is 2. The molecule has 2 heterocycles. The summed E-state index contributed by atoms with van der Waals surface area (Å²) in [6.45, 7) is 0. The Kier molecular flexibility index (Phi) is 5.27. The molecular weight excluding hydrogens is 356 g/mol. The normalized spacial score (nSPS) is 10.5. The molecule has 134 valence electrons. The Labute approximate surface area is 153 Å². The van der Waals surface area contributed by atoms with Gasteiger partial charge in [-0.25, -0.2) is 4.68 Å². The lowest BCUT2D eigenvalue weighted by atomic mass is 10.2. The van der Waals surface area contributed by atoms with Gasteiger partial charge in [-0.15, -0.1) is 5.10 Å². The van der Waals surface area contributed by atoms with Gasteiger partial charge < -0.3 is 10.6 Å². The predicted octanol–water partition coefficient (Wildman–Crippen LogP) is 0.927. The first-order valence-electron chi connectivity index (χ1n) is 7.57. The maximum atomic E-state index is 12.2. The number of carbonyl (C=O) groups excluding carboxylic acids is 2. The first-order chi connectivity index (χ1) is 12.5. The van der Waals surface area contributed by atoms with Gasteiger partial charge in [-0.3, -0.25) is 14.3 Å². The largest absolute Gasteiger partial charge is 0.325 e. The second kappa shape index (κ2) is 7.78. The van der Waals surface area contributed by atoms with Crippen molar-refractivity contribution in [2.24, 2.45) is 14.1 Å². The number of aromatic nitrogens is 6. The summed E-state index contributed by atoms with van der Waals surface area (Å²) in [5.74, 6) is 0.191. The van der Waals surface area contributed by atoms with Gasteiger partial charge in [0.1, 0.15) is 0 Å². The zero-order valence-corrected chi connectivity index (χ0v) is 14.9. The third kappa shape index (κ3) is 4.45. The summed E-state index contributed by atoms with van der Waals surface area (Å²) < 4.78 is 3.09. The molecule has 10 nitrogen and oxygen atoms in total. The van der Waals surface area contributed by atoms with E-state index >= 15 is 0 Å². The number of rotatable bonds is 6. The average Bonchev–Trinajstić information content (AvgIpc) is 3.21. The molecule has 0 spiro atoms. The molecule has 0 radical (unpaired) electrons. The van der Waals surface area contributed by atoms with E-state index in [9.17, 15) is 9.59 Å². The van der Waals surface area contributed by atoms with Crippen LogP contribution in [-0.4, -0.2) is 47.6 Å². The van der Waals surface area contributed by atoms with Crippen LogP contribution in [-0.2, 0) is 18.9 Å². The van der Waals surface area contributed by atoms with E-state index in [4.69, 9.17) is 0 Å². The van der Waals surface area contributed by atoms with E-state index in [1.165, 1.54) is 16.4 Å². The van der Waals surface area contributed by atoms with Crippen LogP contribution in [0.15, 0.2) is 41.7 Å². The number of anilines is 2. The number of aryl methyl sites for hydroxylation is 2. The maximum Gasteiger partial charge on any atom is 0.256 e. The van der Waals surface area contributed by atoms with Gasteiger partial charge >= 0.3 is 0 Å². The molecule has 1 aromatic carbocycles. The van der Waals surface area contributed by atoms with E-state index in [-0.39, 0.29) is 17.6 Å². The van der Waals surface area contributed by atoms with Gasteiger partial charge in [0.2, 0.25) is 11.1 Å². The second-order valence-electron chi connectivity index (χ2n) is 5.33. The molecule has 2 aromatic heterocycles. The summed E-state index contributed by atoms with van der Waals surface area (Å²) in [7, 11) is 3.47. The highest BCUT2D eigenvalue weighted by Gasteiger charge is 2.10. The number of hydrogen-bond acceptors (Lipinski definition) is 7. The molecular formula is C15H16N8O2S. The van der Waals surface area contributed by atoms with Crippen molar-refractivity contribution in [3.63, 3.8) is 0 Å². The fourth-order valence-electron chi connectivity index (χ4n) is 2.05. The highest BCUT2D eigenvalue weighted by molar-refractivity contribution is 7.99. The molecule has 0 bridgehead atoms. The van der Waals surface area contributed by atoms with Crippen LogP contribution in [0.25, 0.3) is 0 Å². The van der Waals surface area contributed by atoms with Crippen LogP contribution < -0.4 is 10.6 Å². The molecule has 0 saturated carbocycles. The number of benzene rings is 1. The Morgan fingerprint density at radius 1 is 1.12 bits per heavy atom. The summed E-state index contributed by atoms with van der Waals surface area (Å²) >= 11 is 1.23.